The molecule has 2 N–H and O–H groups in total. The summed E-state index contributed by atoms with van der Waals surface area (Å²) in [6, 6.07) is 13.3. The van der Waals surface area contributed by atoms with Gasteiger partial charge in [-0.3, -0.25) is 14.9 Å². The van der Waals surface area contributed by atoms with Crippen LogP contribution in [0.4, 0.5) is 10.8 Å². The summed E-state index contributed by atoms with van der Waals surface area (Å²) in [6.07, 6.45) is 0. The van der Waals surface area contributed by atoms with Crippen molar-refractivity contribution in [3.05, 3.63) is 64.7 Å². The Labute approximate surface area is 171 Å². The van der Waals surface area contributed by atoms with Gasteiger partial charge in [0.05, 0.1) is 5.75 Å². The van der Waals surface area contributed by atoms with Gasteiger partial charge in [0, 0.05) is 11.3 Å². The molecule has 0 fully saturated rings. The van der Waals surface area contributed by atoms with Gasteiger partial charge in [-0.2, -0.15) is 0 Å². The summed E-state index contributed by atoms with van der Waals surface area (Å²) < 4.78 is 0.621. The van der Waals surface area contributed by atoms with E-state index in [0.717, 1.165) is 22.4 Å². The molecule has 0 aliphatic heterocycles. The van der Waals surface area contributed by atoms with Crippen LogP contribution >= 0.6 is 23.1 Å². The van der Waals surface area contributed by atoms with Gasteiger partial charge in [0.1, 0.15) is 0 Å². The fraction of sp³-hybridized carbons (Fsp3) is 0.200. The first-order chi connectivity index (χ1) is 13.4. The molecular weight excluding hydrogens is 392 g/mol. The lowest BCUT2D eigenvalue weighted by molar-refractivity contribution is -0.113. The monoisotopic (exact) mass is 412 g/mol. The van der Waals surface area contributed by atoms with Crippen molar-refractivity contribution < 1.29 is 9.59 Å². The molecule has 0 unspecified atom stereocenters. The number of hydrogen-bond donors (Lipinski definition) is 2. The largest absolute Gasteiger partial charge is 0.325 e. The van der Waals surface area contributed by atoms with Crippen molar-refractivity contribution in [3.63, 3.8) is 0 Å². The summed E-state index contributed by atoms with van der Waals surface area (Å²) in [5.41, 5.74) is 4.44. The van der Waals surface area contributed by atoms with Gasteiger partial charge in [0.2, 0.25) is 11.0 Å². The highest BCUT2D eigenvalue weighted by Crippen LogP contribution is 2.26. The zero-order valence-electron chi connectivity index (χ0n) is 15.8. The van der Waals surface area contributed by atoms with Gasteiger partial charge in [-0.25, -0.2) is 0 Å². The van der Waals surface area contributed by atoms with Crippen LogP contribution in [-0.2, 0) is 4.79 Å². The van der Waals surface area contributed by atoms with Crippen LogP contribution in [0.25, 0.3) is 0 Å². The summed E-state index contributed by atoms with van der Waals surface area (Å²) >= 11 is 2.53. The van der Waals surface area contributed by atoms with Gasteiger partial charge in [0.25, 0.3) is 5.91 Å². The van der Waals surface area contributed by atoms with Crippen LogP contribution in [0.2, 0.25) is 0 Å². The smallest absolute Gasteiger partial charge is 0.257 e. The Balaban J connectivity index is 1.54. The van der Waals surface area contributed by atoms with Crippen molar-refractivity contribution in [1.82, 2.24) is 10.2 Å². The summed E-state index contributed by atoms with van der Waals surface area (Å²) in [7, 11) is 0. The van der Waals surface area contributed by atoms with E-state index in [1.165, 1.54) is 23.1 Å². The molecule has 1 heterocycles. The maximum atomic E-state index is 12.4. The summed E-state index contributed by atoms with van der Waals surface area (Å²) in [5.74, 6) is -0.124. The number of hydrogen-bond acceptors (Lipinski definition) is 6. The summed E-state index contributed by atoms with van der Waals surface area (Å²) in [4.78, 5) is 24.5. The normalized spacial score (nSPS) is 10.5. The predicted molar refractivity (Wildman–Crippen MR) is 114 cm³/mol. The highest BCUT2D eigenvalue weighted by molar-refractivity contribution is 8.01. The fourth-order valence-electron chi connectivity index (χ4n) is 2.62. The van der Waals surface area contributed by atoms with Crippen LogP contribution in [0.3, 0.4) is 0 Å². The number of para-hydroxylation sites is 1. The third kappa shape index (κ3) is 5.40. The number of rotatable bonds is 6. The van der Waals surface area contributed by atoms with Gasteiger partial charge >= 0.3 is 0 Å². The van der Waals surface area contributed by atoms with Gasteiger partial charge in [-0.1, -0.05) is 58.5 Å². The lowest BCUT2D eigenvalue weighted by atomic mass is 10.1. The van der Waals surface area contributed by atoms with Crippen molar-refractivity contribution in [2.75, 3.05) is 16.4 Å². The molecule has 0 spiro atoms. The Bertz CT molecular complexity index is 997. The number of benzene rings is 2. The van der Waals surface area contributed by atoms with E-state index in [0.29, 0.717) is 15.0 Å². The molecule has 2 aromatic carbocycles. The van der Waals surface area contributed by atoms with E-state index in [-0.39, 0.29) is 17.6 Å². The van der Waals surface area contributed by atoms with Crippen LogP contribution in [0.1, 0.15) is 27.0 Å². The lowest BCUT2D eigenvalue weighted by Crippen LogP contribution is -2.14. The summed E-state index contributed by atoms with van der Waals surface area (Å²) in [6.45, 7) is 5.84. The number of amides is 2. The number of aromatic nitrogens is 2. The van der Waals surface area contributed by atoms with E-state index < -0.39 is 0 Å². The predicted octanol–water partition coefficient (Wildman–Crippen LogP) is 4.45. The first kappa shape index (κ1) is 20.0. The van der Waals surface area contributed by atoms with Crippen LogP contribution in [-0.4, -0.2) is 27.8 Å². The van der Waals surface area contributed by atoms with E-state index in [9.17, 15) is 9.59 Å². The standard InChI is InChI=1S/C20H20N4O2S2/c1-12-8-13(2)10-15(9-12)18(26)22-19-23-24-20(28-19)27-11-17(25)21-16-7-5-4-6-14(16)3/h4-10H,11H2,1-3H3,(H,21,25)(H,22,23,26). The summed E-state index contributed by atoms with van der Waals surface area (Å²) in [5, 5.41) is 14.1. The van der Waals surface area contributed by atoms with Gasteiger partial charge in [0.15, 0.2) is 4.34 Å². The molecule has 0 saturated carbocycles. The minimum Gasteiger partial charge on any atom is -0.325 e. The molecule has 1 aromatic heterocycles. The molecule has 6 nitrogen and oxygen atoms in total. The molecule has 144 valence electrons. The first-order valence-corrected chi connectivity index (χ1v) is 10.4. The van der Waals surface area contributed by atoms with Crippen molar-refractivity contribution in [2.24, 2.45) is 0 Å². The van der Waals surface area contributed by atoms with E-state index in [1.807, 2.05) is 63.2 Å². The number of anilines is 2. The van der Waals surface area contributed by atoms with Crippen LogP contribution < -0.4 is 10.6 Å². The Morgan fingerprint density at radius 3 is 2.43 bits per heavy atom. The number of nitrogens with zero attached hydrogens (tertiary/aromatic N) is 2. The maximum Gasteiger partial charge on any atom is 0.257 e. The number of carbonyl (C=O) groups is 2. The zero-order chi connectivity index (χ0) is 20.1. The van der Waals surface area contributed by atoms with E-state index in [2.05, 4.69) is 20.8 Å². The fourth-order valence-corrected chi connectivity index (χ4v) is 4.17. The lowest BCUT2D eigenvalue weighted by Gasteiger charge is -2.06. The van der Waals surface area contributed by atoms with Gasteiger partial charge in [-0.15, -0.1) is 10.2 Å². The van der Waals surface area contributed by atoms with E-state index >= 15 is 0 Å². The number of nitrogens with one attached hydrogen (secondary N) is 2. The third-order valence-electron chi connectivity index (χ3n) is 3.86. The molecule has 0 atom stereocenters. The minimum atomic E-state index is -0.225. The van der Waals surface area contributed by atoms with Crippen LogP contribution in [0.15, 0.2) is 46.8 Å². The van der Waals surface area contributed by atoms with E-state index in [4.69, 9.17) is 0 Å². The van der Waals surface area contributed by atoms with Gasteiger partial charge in [-0.05, 0) is 44.5 Å². The topological polar surface area (TPSA) is 84.0 Å². The Hall–Kier alpha value is -2.71. The first-order valence-electron chi connectivity index (χ1n) is 8.62. The average molecular weight is 413 g/mol. The maximum absolute atomic E-state index is 12.4. The number of aryl methyl sites for hydroxylation is 3. The Kier molecular flexibility index (Phi) is 6.43. The minimum absolute atomic E-state index is 0.115. The molecule has 0 bridgehead atoms. The molecule has 2 amide bonds. The third-order valence-corrected chi connectivity index (χ3v) is 5.83. The highest BCUT2D eigenvalue weighted by atomic mass is 32.2. The second-order valence-corrected chi connectivity index (χ2v) is 8.56. The second-order valence-electron chi connectivity index (χ2n) is 6.36. The van der Waals surface area contributed by atoms with Crippen LogP contribution in [0.5, 0.6) is 0 Å². The molecule has 8 heteroatoms. The van der Waals surface area contributed by atoms with Crippen LogP contribution in [0, 0.1) is 20.8 Å². The average Bonchev–Trinajstić information content (AvgIpc) is 3.08. The molecule has 0 radical (unpaired) electrons. The van der Waals surface area contributed by atoms with Crippen molar-refractivity contribution in [2.45, 2.75) is 25.1 Å². The second kappa shape index (κ2) is 8.99. The highest BCUT2D eigenvalue weighted by Gasteiger charge is 2.13. The van der Waals surface area contributed by atoms with E-state index in [1.54, 1.807) is 0 Å². The molecule has 0 aliphatic rings. The van der Waals surface area contributed by atoms with Gasteiger partial charge < -0.3 is 5.32 Å². The Morgan fingerprint density at radius 2 is 1.71 bits per heavy atom. The molecule has 3 aromatic rings. The Morgan fingerprint density at radius 1 is 1.00 bits per heavy atom. The number of carbonyl (C=O) groups excluding carboxylic acids is 2. The van der Waals surface area contributed by atoms with Crippen molar-refractivity contribution in [3.8, 4) is 0 Å². The molecule has 0 aliphatic carbocycles. The quantitative estimate of drug-likeness (QED) is 0.462. The molecule has 3 rings (SSSR count). The molecule has 0 saturated heterocycles. The SMILES string of the molecule is Cc1cc(C)cc(C(=O)Nc2nnc(SCC(=O)Nc3ccccc3C)s2)c1. The molecular formula is C20H20N4O2S2. The number of thioether (sulfide) groups is 1. The molecule has 28 heavy (non-hydrogen) atoms. The van der Waals surface area contributed by atoms with Crippen molar-refractivity contribution >= 4 is 45.7 Å². The zero-order valence-corrected chi connectivity index (χ0v) is 17.4. The van der Waals surface area contributed by atoms with Crippen molar-refractivity contribution in [1.29, 1.82) is 0 Å².